The van der Waals surface area contributed by atoms with Crippen molar-refractivity contribution >= 4 is 0 Å². The van der Waals surface area contributed by atoms with Crippen LogP contribution in [0.15, 0.2) is 18.2 Å². The topological polar surface area (TPSA) is 21.3 Å². The Morgan fingerprint density at radius 1 is 1.27 bits per heavy atom. The minimum Gasteiger partial charge on any atom is -0.486 e. The number of ether oxygens (including phenoxy) is 1. The van der Waals surface area contributed by atoms with E-state index in [4.69, 9.17) is 4.74 Å². The van der Waals surface area contributed by atoms with Gasteiger partial charge in [0.25, 0.3) is 0 Å². The lowest BCUT2D eigenvalue weighted by atomic mass is 10.0. The van der Waals surface area contributed by atoms with Crippen LogP contribution in [0.25, 0.3) is 0 Å². The van der Waals surface area contributed by atoms with Gasteiger partial charge >= 0.3 is 0 Å². The maximum atomic E-state index is 6.16. The molecule has 0 saturated carbocycles. The van der Waals surface area contributed by atoms with Crippen LogP contribution in [0, 0.1) is 13.8 Å². The molecule has 82 valence electrons. The number of rotatable bonds is 2. The second kappa shape index (κ2) is 3.86. The summed E-state index contributed by atoms with van der Waals surface area (Å²) in [5.74, 6) is 1.06. The van der Waals surface area contributed by atoms with Crippen molar-refractivity contribution in [2.45, 2.75) is 32.8 Å². The van der Waals surface area contributed by atoms with Crippen LogP contribution in [0.3, 0.4) is 0 Å². The Morgan fingerprint density at radius 2 is 1.93 bits per heavy atom. The first kappa shape index (κ1) is 10.5. The number of para-hydroxylation sites is 1. The monoisotopic (exact) mass is 205 g/mol. The van der Waals surface area contributed by atoms with E-state index in [1.807, 2.05) is 0 Å². The molecule has 2 nitrogen and oxygen atoms in total. The smallest absolute Gasteiger partial charge is 0.126 e. The third-order valence-corrected chi connectivity index (χ3v) is 3.09. The molecule has 1 atom stereocenters. The molecule has 1 fully saturated rings. The fourth-order valence-corrected chi connectivity index (χ4v) is 2.09. The molecule has 1 heterocycles. The van der Waals surface area contributed by atoms with Crippen LogP contribution < -0.4 is 10.1 Å². The molecule has 1 N–H and O–H groups in total. The zero-order chi connectivity index (χ0) is 10.9. The summed E-state index contributed by atoms with van der Waals surface area (Å²) in [4.78, 5) is 0. The van der Waals surface area contributed by atoms with Gasteiger partial charge in [0.15, 0.2) is 0 Å². The maximum Gasteiger partial charge on any atom is 0.126 e. The molecule has 0 spiro atoms. The van der Waals surface area contributed by atoms with E-state index in [0.29, 0.717) is 0 Å². The Hall–Kier alpha value is -1.02. The van der Waals surface area contributed by atoms with E-state index < -0.39 is 0 Å². The minimum absolute atomic E-state index is 0.0309. The van der Waals surface area contributed by atoms with Gasteiger partial charge < -0.3 is 10.1 Å². The van der Waals surface area contributed by atoms with Crippen molar-refractivity contribution in [2.75, 3.05) is 13.1 Å². The van der Waals surface area contributed by atoms with E-state index in [0.717, 1.165) is 25.3 Å². The van der Waals surface area contributed by atoms with Crippen molar-refractivity contribution in [1.82, 2.24) is 5.32 Å². The molecular formula is C13H19NO. The van der Waals surface area contributed by atoms with Crippen LogP contribution in [0.5, 0.6) is 5.75 Å². The Kier molecular flexibility index (Phi) is 2.70. The van der Waals surface area contributed by atoms with Gasteiger partial charge in [-0.05, 0) is 38.4 Å². The average Bonchev–Trinajstić information content (AvgIpc) is 2.60. The van der Waals surface area contributed by atoms with E-state index in [-0.39, 0.29) is 5.60 Å². The second-order valence-electron chi connectivity index (χ2n) is 4.70. The van der Waals surface area contributed by atoms with Gasteiger partial charge in [0, 0.05) is 13.0 Å². The third-order valence-electron chi connectivity index (χ3n) is 3.09. The fraction of sp³-hybridized carbons (Fsp3) is 0.538. The molecule has 15 heavy (non-hydrogen) atoms. The molecule has 0 bridgehead atoms. The lowest BCUT2D eigenvalue weighted by Gasteiger charge is -2.27. The number of aryl methyl sites for hydroxylation is 2. The number of hydrogen-bond donors (Lipinski definition) is 1. The van der Waals surface area contributed by atoms with Crippen molar-refractivity contribution < 1.29 is 4.74 Å². The molecule has 0 amide bonds. The SMILES string of the molecule is Cc1cccc(C)c1OC1(C)CCNC1. The van der Waals surface area contributed by atoms with Gasteiger partial charge in [-0.2, -0.15) is 0 Å². The van der Waals surface area contributed by atoms with Crippen molar-refractivity contribution in [3.05, 3.63) is 29.3 Å². The Labute approximate surface area is 91.6 Å². The maximum absolute atomic E-state index is 6.16. The zero-order valence-corrected chi connectivity index (χ0v) is 9.76. The van der Waals surface area contributed by atoms with E-state index in [2.05, 4.69) is 44.3 Å². The molecule has 0 aliphatic carbocycles. The predicted molar refractivity (Wildman–Crippen MR) is 62.4 cm³/mol. The van der Waals surface area contributed by atoms with E-state index >= 15 is 0 Å². The molecule has 2 heteroatoms. The molecule has 1 unspecified atom stereocenters. The lowest BCUT2D eigenvalue weighted by Crippen LogP contribution is -2.35. The first-order valence-electron chi connectivity index (χ1n) is 5.57. The van der Waals surface area contributed by atoms with Gasteiger partial charge in [0.1, 0.15) is 11.4 Å². The molecule has 1 aliphatic rings. The van der Waals surface area contributed by atoms with Crippen molar-refractivity contribution in [3.63, 3.8) is 0 Å². The number of hydrogen-bond acceptors (Lipinski definition) is 2. The standard InChI is InChI=1S/C13H19NO/c1-10-5-4-6-11(2)12(10)15-13(3)7-8-14-9-13/h4-6,14H,7-9H2,1-3H3. The summed E-state index contributed by atoms with van der Waals surface area (Å²) in [6, 6.07) is 6.29. The summed E-state index contributed by atoms with van der Waals surface area (Å²) in [6.45, 7) is 8.39. The summed E-state index contributed by atoms with van der Waals surface area (Å²) < 4.78 is 6.16. The summed E-state index contributed by atoms with van der Waals surface area (Å²) in [7, 11) is 0. The van der Waals surface area contributed by atoms with Gasteiger partial charge in [-0.25, -0.2) is 0 Å². The van der Waals surface area contributed by atoms with Crippen molar-refractivity contribution in [3.8, 4) is 5.75 Å². The van der Waals surface area contributed by atoms with Crippen molar-refractivity contribution in [1.29, 1.82) is 0 Å². The number of nitrogens with one attached hydrogen (secondary N) is 1. The first-order valence-corrected chi connectivity index (χ1v) is 5.57. The van der Waals surface area contributed by atoms with Gasteiger partial charge in [0.05, 0.1) is 0 Å². The molecule has 1 saturated heterocycles. The first-order chi connectivity index (χ1) is 7.11. The predicted octanol–water partition coefficient (Wildman–Crippen LogP) is 2.43. The van der Waals surface area contributed by atoms with Crippen molar-refractivity contribution in [2.24, 2.45) is 0 Å². The summed E-state index contributed by atoms with van der Waals surface area (Å²) >= 11 is 0. The summed E-state index contributed by atoms with van der Waals surface area (Å²) in [5.41, 5.74) is 2.42. The molecule has 0 aromatic heterocycles. The summed E-state index contributed by atoms with van der Waals surface area (Å²) in [6.07, 6.45) is 1.08. The highest BCUT2D eigenvalue weighted by atomic mass is 16.5. The van der Waals surface area contributed by atoms with E-state index in [9.17, 15) is 0 Å². The molecule has 1 aromatic rings. The van der Waals surface area contributed by atoms with Crippen LogP contribution in [0.4, 0.5) is 0 Å². The Balaban J connectivity index is 2.23. The normalized spacial score (nSPS) is 25.5. The molecule has 1 aliphatic heterocycles. The second-order valence-corrected chi connectivity index (χ2v) is 4.70. The number of benzene rings is 1. The van der Waals surface area contributed by atoms with Crippen LogP contribution in [-0.4, -0.2) is 18.7 Å². The Morgan fingerprint density at radius 3 is 2.47 bits per heavy atom. The molecular weight excluding hydrogens is 186 g/mol. The summed E-state index contributed by atoms with van der Waals surface area (Å²) in [5, 5.41) is 3.35. The van der Waals surface area contributed by atoms with Gasteiger partial charge in [-0.15, -0.1) is 0 Å². The highest BCUT2D eigenvalue weighted by molar-refractivity contribution is 5.40. The average molecular weight is 205 g/mol. The minimum atomic E-state index is -0.0309. The van der Waals surface area contributed by atoms with E-state index in [1.165, 1.54) is 11.1 Å². The van der Waals surface area contributed by atoms with Crippen LogP contribution >= 0.6 is 0 Å². The van der Waals surface area contributed by atoms with Crippen LogP contribution in [-0.2, 0) is 0 Å². The van der Waals surface area contributed by atoms with Crippen LogP contribution in [0.2, 0.25) is 0 Å². The fourth-order valence-electron chi connectivity index (χ4n) is 2.09. The van der Waals surface area contributed by atoms with E-state index in [1.54, 1.807) is 0 Å². The quantitative estimate of drug-likeness (QED) is 0.800. The lowest BCUT2D eigenvalue weighted by molar-refractivity contribution is 0.109. The highest BCUT2D eigenvalue weighted by Gasteiger charge is 2.31. The Bertz CT molecular complexity index is 333. The zero-order valence-electron chi connectivity index (χ0n) is 9.76. The highest BCUT2D eigenvalue weighted by Crippen LogP contribution is 2.29. The van der Waals surface area contributed by atoms with Gasteiger partial charge in [-0.1, -0.05) is 18.2 Å². The molecule has 1 aromatic carbocycles. The largest absolute Gasteiger partial charge is 0.486 e. The third kappa shape index (κ3) is 2.15. The van der Waals surface area contributed by atoms with Crippen LogP contribution in [0.1, 0.15) is 24.5 Å². The van der Waals surface area contributed by atoms with Gasteiger partial charge in [0.2, 0.25) is 0 Å². The molecule has 2 rings (SSSR count). The molecule has 0 radical (unpaired) electrons. The van der Waals surface area contributed by atoms with Gasteiger partial charge in [-0.3, -0.25) is 0 Å².